The highest BCUT2D eigenvalue weighted by Gasteiger charge is 2.53. The molecule has 1 N–H and O–H groups in total. The van der Waals surface area contributed by atoms with Gasteiger partial charge in [-0.05, 0) is 92.1 Å². The summed E-state index contributed by atoms with van der Waals surface area (Å²) in [7, 11) is -0.230. The molecule has 1 saturated carbocycles. The maximum Gasteiger partial charge on any atom is 0.407 e. The fourth-order valence-electron chi connectivity index (χ4n) is 9.35. The zero-order chi connectivity index (χ0) is 36.5. The van der Waals surface area contributed by atoms with Crippen molar-refractivity contribution in [2.45, 2.75) is 68.1 Å². The molecule has 1 unspecified atom stereocenters. The number of likely N-dealkylation sites (tertiary alicyclic amines) is 2. The number of carbonyl (C=O) groups excluding carboxylic acids is 2. The lowest BCUT2D eigenvalue weighted by atomic mass is 9.58. The Morgan fingerprint density at radius 3 is 2.37 bits per heavy atom. The van der Waals surface area contributed by atoms with Crippen LogP contribution in [0.1, 0.15) is 50.2 Å². The molecule has 1 aliphatic carbocycles. The molecule has 3 atom stereocenters. The molecule has 3 aliphatic heterocycles. The Labute approximate surface area is 301 Å². The number of piperidine rings is 1. The van der Waals surface area contributed by atoms with Gasteiger partial charge < -0.3 is 24.8 Å². The summed E-state index contributed by atoms with van der Waals surface area (Å²) in [5.41, 5.74) is 2.02. The molecule has 4 fully saturated rings. The molecule has 280 valence electrons. The van der Waals surface area contributed by atoms with Crippen LogP contribution in [-0.2, 0) is 31.3 Å². The van der Waals surface area contributed by atoms with Crippen LogP contribution >= 0.6 is 0 Å². The third-order valence-corrected chi connectivity index (χ3v) is 13.2. The molecule has 4 aliphatic rings. The number of nitrogens with zero attached hydrogens (tertiary/aromatic N) is 4. The maximum absolute atomic E-state index is 15.0. The first-order valence-electron chi connectivity index (χ1n) is 18.3. The summed E-state index contributed by atoms with van der Waals surface area (Å²) in [6.07, 6.45) is 4.24. The number of alkyl halides is 1. The summed E-state index contributed by atoms with van der Waals surface area (Å²) in [5.74, 6) is 0.256. The van der Waals surface area contributed by atoms with Gasteiger partial charge in [0.15, 0.2) is 9.84 Å². The number of amides is 2. The molecule has 3 saturated heterocycles. The zero-order valence-corrected chi connectivity index (χ0v) is 31.1. The van der Waals surface area contributed by atoms with Crippen LogP contribution in [0.25, 0.3) is 0 Å². The van der Waals surface area contributed by atoms with Crippen molar-refractivity contribution in [3.8, 4) is 0 Å². The zero-order valence-electron chi connectivity index (χ0n) is 30.3. The van der Waals surface area contributed by atoms with Crippen LogP contribution in [0, 0.1) is 23.6 Å². The lowest BCUT2D eigenvalue weighted by molar-refractivity contribution is -0.129. The van der Waals surface area contributed by atoms with Gasteiger partial charge in [0.1, 0.15) is 12.0 Å². The first kappa shape index (κ1) is 37.5. The number of benzene rings is 2. The van der Waals surface area contributed by atoms with Crippen LogP contribution in [0.15, 0.2) is 47.4 Å². The van der Waals surface area contributed by atoms with E-state index in [2.05, 4.69) is 15.1 Å². The Morgan fingerprint density at radius 1 is 1.02 bits per heavy atom. The first-order chi connectivity index (χ1) is 24.3. The Balaban J connectivity index is 1.15. The lowest BCUT2D eigenvalue weighted by Crippen LogP contribution is -2.58. The predicted octanol–water partition coefficient (Wildman–Crippen LogP) is 4.47. The normalized spacial score (nSPS) is 23.7. The summed E-state index contributed by atoms with van der Waals surface area (Å²) in [5, 5.41) is 3.09. The van der Waals surface area contributed by atoms with E-state index in [1.165, 1.54) is 19.4 Å². The molecule has 0 aromatic heterocycles. The Morgan fingerprint density at radius 2 is 1.75 bits per heavy atom. The van der Waals surface area contributed by atoms with Crippen molar-refractivity contribution in [3.05, 3.63) is 59.4 Å². The Kier molecular flexibility index (Phi) is 11.3. The molecule has 3 heterocycles. The smallest absolute Gasteiger partial charge is 0.407 e. The minimum absolute atomic E-state index is 0.00425. The molecule has 6 rings (SSSR count). The van der Waals surface area contributed by atoms with Gasteiger partial charge in [0.05, 0.1) is 12.0 Å². The van der Waals surface area contributed by atoms with Gasteiger partial charge in [-0.25, -0.2) is 22.0 Å². The van der Waals surface area contributed by atoms with E-state index in [0.29, 0.717) is 37.0 Å². The molecule has 0 spiro atoms. The monoisotopic (exact) mass is 729 g/mol. The van der Waals surface area contributed by atoms with Crippen molar-refractivity contribution in [2.75, 3.05) is 77.7 Å². The third kappa shape index (κ3) is 8.20. The molecule has 51 heavy (non-hydrogen) atoms. The maximum atomic E-state index is 15.0. The van der Waals surface area contributed by atoms with Gasteiger partial charge in [0.25, 0.3) is 0 Å². The Bertz CT molecular complexity index is 1680. The average molecular weight is 730 g/mol. The number of sulfone groups is 1. The number of halogens is 2. The molecule has 2 aromatic carbocycles. The fraction of sp³-hybridized carbons (Fsp3) is 0.632. The quantitative estimate of drug-likeness (QED) is 0.342. The lowest BCUT2D eigenvalue weighted by Gasteiger charge is -2.52. The van der Waals surface area contributed by atoms with Gasteiger partial charge in [-0.15, -0.1) is 0 Å². The van der Waals surface area contributed by atoms with Crippen LogP contribution in [0.3, 0.4) is 0 Å². The highest BCUT2D eigenvalue weighted by molar-refractivity contribution is 7.90. The van der Waals surface area contributed by atoms with Crippen molar-refractivity contribution < 1.29 is 31.5 Å². The van der Waals surface area contributed by atoms with Crippen molar-refractivity contribution in [2.24, 2.45) is 17.8 Å². The number of hydrogen-bond donors (Lipinski definition) is 1. The van der Waals surface area contributed by atoms with E-state index in [1.54, 1.807) is 30.0 Å². The largest absolute Gasteiger partial charge is 0.453 e. The van der Waals surface area contributed by atoms with Crippen LogP contribution in [0.4, 0.5) is 19.3 Å². The van der Waals surface area contributed by atoms with Gasteiger partial charge in [0, 0.05) is 89.1 Å². The van der Waals surface area contributed by atoms with Crippen LogP contribution < -0.4 is 10.2 Å². The number of likely N-dealkylation sites (N-methyl/N-ethyl adjacent to an activating group) is 1. The summed E-state index contributed by atoms with van der Waals surface area (Å²) in [6.45, 7) is 7.52. The number of methoxy groups -OCH3 is 1. The number of ether oxygens (including phenoxy) is 1. The average Bonchev–Trinajstić information content (AvgIpc) is 3.52. The predicted molar refractivity (Wildman–Crippen MR) is 193 cm³/mol. The Hall–Kier alpha value is -3.29. The molecular formula is C38H53F2N5O5S. The first-order valence-corrected chi connectivity index (χ1v) is 20.1. The molecule has 10 nitrogen and oxygen atoms in total. The molecule has 2 amide bonds. The summed E-state index contributed by atoms with van der Waals surface area (Å²) < 4.78 is 58.4. The van der Waals surface area contributed by atoms with Crippen molar-refractivity contribution in [1.29, 1.82) is 0 Å². The molecule has 13 heteroatoms. The number of anilines is 1. The van der Waals surface area contributed by atoms with Gasteiger partial charge in [0.2, 0.25) is 5.91 Å². The van der Waals surface area contributed by atoms with E-state index in [4.69, 9.17) is 4.74 Å². The number of alkyl carbamates (subject to hydrolysis) is 1. The van der Waals surface area contributed by atoms with E-state index < -0.39 is 27.5 Å². The molecule has 0 bridgehead atoms. The van der Waals surface area contributed by atoms with Crippen LogP contribution in [0.5, 0.6) is 0 Å². The molecule has 0 radical (unpaired) electrons. The molecular weight excluding hydrogens is 677 g/mol. The van der Waals surface area contributed by atoms with Crippen molar-refractivity contribution in [3.63, 3.8) is 0 Å². The third-order valence-electron chi connectivity index (χ3n) is 12.0. The van der Waals surface area contributed by atoms with E-state index in [-0.39, 0.29) is 29.6 Å². The molecule has 2 aromatic rings. The van der Waals surface area contributed by atoms with Gasteiger partial charge in [-0.1, -0.05) is 18.6 Å². The number of hydrogen-bond acceptors (Lipinski definition) is 8. The fourth-order valence-corrected chi connectivity index (χ4v) is 10.3. The highest BCUT2D eigenvalue weighted by atomic mass is 32.2. The van der Waals surface area contributed by atoms with Gasteiger partial charge >= 0.3 is 6.09 Å². The second-order valence-electron chi connectivity index (χ2n) is 15.4. The van der Waals surface area contributed by atoms with Gasteiger partial charge in [-0.2, -0.15) is 0 Å². The van der Waals surface area contributed by atoms with Crippen LogP contribution in [0.2, 0.25) is 0 Å². The number of carbonyl (C=O) groups is 2. The standard InChI is InChI=1S/C38H53F2N5O5S/c1-26(46)42(2)25-38(30-7-5-8-31(39)18-30,34-9-6-10-35(34)41-37(47)50-3)29-13-15-43(16-14-29)19-27-20-45(21-27)33-11-12-36(51(4,48)49)28(17-33)22-44-23-32(40)24-44/h5,7-8,11-12,17-18,27,29,32,34-35H,6,9-10,13-16,19-25H2,1-4H3,(H,41,47)/t34-,35-,38?/m0/s1. The minimum atomic E-state index is -3.41. The van der Waals surface area contributed by atoms with Crippen LogP contribution in [-0.4, -0.2) is 120 Å². The summed E-state index contributed by atoms with van der Waals surface area (Å²) in [6, 6.07) is 12.2. The number of rotatable bonds is 12. The van der Waals surface area contributed by atoms with E-state index in [0.717, 1.165) is 81.6 Å². The van der Waals surface area contributed by atoms with Crippen molar-refractivity contribution >= 4 is 27.5 Å². The van der Waals surface area contributed by atoms with E-state index in [1.807, 2.05) is 30.1 Å². The second-order valence-corrected chi connectivity index (χ2v) is 17.4. The summed E-state index contributed by atoms with van der Waals surface area (Å²) >= 11 is 0. The van der Waals surface area contributed by atoms with E-state index >= 15 is 0 Å². The second kappa shape index (κ2) is 15.4. The van der Waals surface area contributed by atoms with E-state index in [9.17, 15) is 26.8 Å². The minimum Gasteiger partial charge on any atom is -0.453 e. The highest BCUT2D eigenvalue weighted by Crippen LogP contribution is 2.51. The topological polar surface area (TPSA) is 102 Å². The summed E-state index contributed by atoms with van der Waals surface area (Å²) in [4.78, 5) is 34.0. The SMILES string of the molecule is COC(=O)N[C@H]1CCC[C@@H]1C(CN(C)C(C)=O)(c1cccc(F)c1)C1CCN(CC2CN(c3ccc(S(C)(=O)=O)c(CN4CC(F)C4)c3)C2)CC1. The van der Waals surface area contributed by atoms with Crippen molar-refractivity contribution in [1.82, 2.24) is 20.0 Å². The van der Waals surface area contributed by atoms with Gasteiger partial charge in [-0.3, -0.25) is 9.69 Å². The number of nitrogens with one attached hydrogen (secondary N) is 1.